The number of hydrogen-bond acceptors (Lipinski definition) is 3. The van der Waals surface area contributed by atoms with Crippen LogP contribution in [0.3, 0.4) is 0 Å². The first-order valence-electron chi connectivity index (χ1n) is 6.07. The van der Waals surface area contributed by atoms with Crippen LogP contribution in [0.4, 0.5) is 5.69 Å². The Morgan fingerprint density at radius 1 is 1.37 bits per heavy atom. The average molecular weight is 291 g/mol. The zero-order valence-electron chi connectivity index (χ0n) is 10.9. The molecule has 0 aliphatic rings. The number of nitriles is 1. The van der Waals surface area contributed by atoms with Crippen LogP contribution in [0.5, 0.6) is 0 Å². The summed E-state index contributed by atoms with van der Waals surface area (Å²) in [6.45, 7) is 2.15. The molecule has 2 aromatic rings. The molecule has 1 heterocycles. The number of benzene rings is 1. The molecule has 0 saturated heterocycles. The van der Waals surface area contributed by atoms with Crippen LogP contribution in [0.25, 0.3) is 0 Å². The number of nitrogens with zero attached hydrogens (tertiary/aromatic N) is 2. The molecule has 0 spiro atoms. The second-order valence-corrected chi connectivity index (χ2v) is 5.93. The van der Waals surface area contributed by atoms with Gasteiger partial charge in [0, 0.05) is 24.4 Å². The summed E-state index contributed by atoms with van der Waals surface area (Å²) in [6, 6.07) is 12.3. The van der Waals surface area contributed by atoms with E-state index in [1.165, 1.54) is 4.88 Å². The number of likely N-dealkylation sites (N-methyl/N-ethyl adjacent to an activating group) is 1. The minimum absolute atomic E-state index is 0.309. The quantitative estimate of drug-likeness (QED) is 0.837. The van der Waals surface area contributed by atoms with Crippen molar-refractivity contribution in [3.8, 4) is 6.07 Å². The zero-order valence-corrected chi connectivity index (χ0v) is 12.5. The van der Waals surface area contributed by atoms with Crippen molar-refractivity contribution in [3.05, 3.63) is 51.2 Å². The number of thiophene rings is 1. The molecule has 0 fully saturated rings. The third kappa shape index (κ3) is 3.09. The summed E-state index contributed by atoms with van der Waals surface area (Å²) < 4.78 is 0. The lowest BCUT2D eigenvalue weighted by Gasteiger charge is -2.27. The van der Waals surface area contributed by atoms with E-state index in [0.717, 1.165) is 12.1 Å². The van der Waals surface area contributed by atoms with Crippen LogP contribution in [0.1, 0.15) is 17.4 Å². The maximum Gasteiger partial charge on any atom is 0.103 e. The molecule has 2 rings (SSSR count). The van der Waals surface area contributed by atoms with Gasteiger partial charge in [0.05, 0.1) is 16.3 Å². The molecular formula is C15H15ClN2S. The van der Waals surface area contributed by atoms with Crippen LogP contribution < -0.4 is 4.90 Å². The Balaban J connectivity index is 2.22. The Bertz CT molecular complexity index is 587. The van der Waals surface area contributed by atoms with Gasteiger partial charge in [0.2, 0.25) is 0 Å². The van der Waals surface area contributed by atoms with Crippen molar-refractivity contribution in [2.75, 3.05) is 11.9 Å². The predicted molar refractivity (Wildman–Crippen MR) is 82.1 cm³/mol. The lowest BCUT2D eigenvalue weighted by Crippen LogP contribution is -2.31. The van der Waals surface area contributed by atoms with Crippen molar-refractivity contribution in [2.24, 2.45) is 0 Å². The van der Waals surface area contributed by atoms with E-state index in [2.05, 4.69) is 35.4 Å². The first kappa shape index (κ1) is 13.9. The van der Waals surface area contributed by atoms with Crippen LogP contribution in [0, 0.1) is 11.3 Å². The van der Waals surface area contributed by atoms with E-state index in [1.54, 1.807) is 17.4 Å². The highest BCUT2D eigenvalue weighted by Gasteiger charge is 2.16. The average Bonchev–Trinajstić information content (AvgIpc) is 2.90. The van der Waals surface area contributed by atoms with Gasteiger partial charge in [-0.15, -0.1) is 11.3 Å². The van der Waals surface area contributed by atoms with Gasteiger partial charge >= 0.3 is 0 Å². The first-order valence-corrected chi connectivity index (χ1v) is 7.33. The van der Waals surface area contributed by atoms with Crippen molar-refractivity contribution >= 4 is 28.6 Å². The molecule has 0 aliphatic carbocycles. The Hall–Kier alpha value is -1.50. The zero-order chi connectivity index (χ0) is 13.8. The van der Waals surface area contributed by atoms with Crippen LogP contribution >= 0.6 is 22.9 Å². The van der Waals surface area contributed by atoms with E-state index in [9.17, 15) is 5.26 Å². The summed E-state index contributed by atoms with van der Waals surface area (Å²) in [5.41, 5.74) is 1.43. The van der Waals surface area contributed by atoms with Crippen LogP contribution in [-0.2, 0) is 6.42 Å². The molecule has 1 atom stereocenters. The molecule has 0 saturated carbocycles. The van der Waals surface area contributed by atoms with Gasteiger partial charge in [0.25, 0.3) is 0 Å². The van der Waals surface area contributed by atoms with E-state index in [0.29, 0.717) is 16.6 Å². The van der Waals surface area contributed by atoms with Gasteiger partial charge in [-0.3, -0.25) is 0 Å². The van der Waals surface area contributed by atoms with Crippen LogP contribution in [0.15, 0.2) is 35.7 Å². The van der Waals surface area contributed by atoms with Gasteiger partial charge in [-0.1, -0.05) is 23.7 Å². The largest absolute Gasteiger partial charge is 0.370 e. The first-order chi connectivity index (χ1) is 9.13. The second-order valence-electron chi connectivity index (χ2n) is 4.49. The molecule has 0 radical (unpaired) electrons. The van der Waals surface area contributed by atoms with Crippen LogP contribution in [0.2, 0.25) is 5.02 Å². The van der Waals surface area contributed by atoms with Gasteiger partial charge < -0.3 is 4.90 Å². The maximum absolute atomic E-state index is 9.23. The van der Waals surface area contributed by atoms with Gasteiger partial charge in [-0.05, 0) is 30.5 Å². The van der Waals surface area contributed by atoms with Crippen LogP contribution in [-0.4, -0.2) is 13.1 Å². The molecule has 0 aliphatic heterocycles. The van der Waals surface area contributed by atoms with Gasteiger partial charge in [-0.2, -0.15) is 5.26 Å². The maximum atomic E-state index is 9.23. The summed E-state index contributed by atoms with van der Waals surface area (Å²) in [6.07, 6.45) is 0.964. The monoisotopic (exact) mass is 290 g/mol. The van der Waals surface area contributed by atoms with Gasteiger partial charge in [0.15, 0.2) is 0 Å². The van der Waals surface area contributed by atoms with E-state index in [1.807, 2.05) is 19.2 Å². The molecule has 19 heavy (non-hydrogen) atoms. The molecular weight excluding hydrogens is 276 g/mol. The van der Waals surface area contributed by atoms with Crippen molar-refractivity contribution in [2.45, 2.75) is 19.4 Å². The predicted octanol–water partition coefficient (Wildman–Crippen LogP) is 4.34. The molecule has 1 unspecified atom stereocenters. The molecule has 2 nitrogen and oxygen atoms in total. The highest BCUT2D eigenvalue weighted by Crippen LogP contribution is 2.28. The van der Waals surface area contributed by atoms with Crippen molar-refractivity contribution in [1.82, 2.24) is 0 Å². The van der Waals surface area contributed by atoms with Crippen molar-refractivity contribution in [3.63, 3.8) is 0 Å². The standard InChI is InChI=1S/C15H15ClN2S/c1-11(9-12-5-4-8-19-12)18(2)15-7-3-6-14(16)13(15)10-17/h3-8,11H,9H2,1-2H3. The molecule has 98 valence electrons. The topological polar surface area (TPSA) is 27.0 Å². The number of hydrogen-bond donors (Lipinski definition) is 0. The lowest BCUT2D eigenvalue weighted by atomic mass is 10.1. The van der Waals surface area contributed by atoms with Crippen molar-refractivity contribution < 1.29 is 0 Å². The summed E-state index contributed by atoms with van der Waals surface area (Å²) in [7, 11) is 2.00. The third-order valence-electron chi connectivity index (χ3n) is 3.22. The van der Waals surface area contributed by atoms with Gasteiger partial charge in [0.1, 0.15) is 6.07 Å². The molecule has 1 aromatic carbocycles. The molecule has 0 N–H and O–H groups in total. The third-order valence-corrected chi connectivity index (χ3v) is 4.43. The summed E-state index contributed by atoms with van der Waals surface area (Å²) >= 11 is 7.83. The summed E-state index contributed by atoms with van der Waals surface area (Å²) in [4.78, 5) is 3.46. The molecule has 0 bridgehead atoms. The van der Waals surface area contributed by atoms with Gasteiger partial charge in [-0.25, -0.2) is 0 Å². The fraction of sp³-hybridized carbons (Fsp3) is 0.267. The Labute approximate surface area is 122 Å². The van der Waals surface area contributed by atoms with E-state index in [4.69, 9.17) is 11.6 Å². The lowest BCUT2D eigenvalue weighted by molar-refractivity contribution is 0.688. The fourth-order valence-corrected chi connectivity index (χ4v) is 3.05. The number of anilines is 1. The van der Waals surface area contributed by atoms with E-state index in [-0.39, 0.29) is 0 Å². The number of halogens is 1. The highest BCUT2D eigenvalue weighted by atomic mass is 35.5. The normalized spacial score (nSPS) is 11.9. The van der Waals surface area contributed by atoms with Crippen molar-refractivity contribution in [1.29, 1.82) is 5.26 Å². The molecule has 4 heteroatoms. The minimum Gasteiger partial charge on any atom is -0.370 e. The minimum atomic E-state index is 0.309. The Kier molecular flexibility index (Phi) is 4.47. The van der Waals surface area contributed by atoms with E-state index >= 15 is 0 Å². The summed E-state index contributed by atoms with van der Waals surface area (Å²) in [5.74, 6) is 0. The molecule has 0 amide bonds. The highest BCUT2D eigenvalue weighted by molar-refractivity contribution is 7.09. The second kappa shape index (κ2) is 6.10. The summed E-state index contributed by atoms with van der Waals surface area (Å²) in [5, 5.41) is 11.8. The Morgan fingerprint density at radius 3 is 2.79 bits per heavy atom. The SMILES string of the molecule is CC(Cc1cccs1)N(C)c1cccc(Cl)c1C#N. The fourth-order valence-electron chi connectivity index (χ4n) is 2.01. The Morgan fingerprint density at radius 2 is 2.16 bits per heavy atom. The number of rotatable bonds is 4. The smallest absolute Gasteiger partial charge is 0.103 e. The van der Waals surface area contributed by atoms with E-state index < -0.39 is 0 Å². The molecule has 1 aromatic heterocycles.